The zero-order chi connectivity index (χ0) is 24.7. The van der Waals surface area contributed by atoms with Crippen molar-refractivity contribution in [3.05, 3.63) is 70.4 Å². The number of amides is 1. The zero-order valence-electron chi connectivity index (χ0n) is 19.5. The van der Waals surface area contributed by atoms with Crippen molar-refractivity contribution in [3.63, 3.8) is 0 Å². The van der Waals surface area contributed by atoms with Gasteiger partial charge in [-0.25, -0.2) is 4.98 Å². The summed E-state index contributed by atoms with van der Waals surface area (Å²) < 4.78 is 48.2. The van der Waals surface area contributed by atoms with Gasteiger partial charge in [0.25, 0.3) is 5.91 Å². The molecule has 35 heavy (non-hydrogen) atoms. The molecule has 0 spiro atoms. The van der Waals surface area contributed by atoms with Crippen LogP contribution in [-0.4, -0.2) is 38.9 Å². The Labute approximate surface area is 200 Å². The third kappa shape index (κ3) is 4.54. The van der Waals surface area contributed by atoms with Crippen LogP contribution in [0.15, 0.2) is 36.7 Å². The SMILES string of the molecule is CC(Cc1nncn1C)c1cc(C2CCOCC2)nc(N2Cc3c(cccc3C(F)(F)F)C2=O)c1. The van der Waals surface area contributed by atoms with E-state index < -0.39 is 17.6 Å². The Morgan fingerprint density at radius 1 is 1.20 bits per heavy atom. The number of pyridine rings is 1. The molecule has 5 rings (SSSR count). The van der Waals surface area contributed by atoms with Crippen molar-refractivity contribution in [3.8, 4) is 0 Å². The number of nitrogens with zero attached hydrogens (tertiary/aromatic N) is 5. The molecule has 1 aromatic carbocycles. The summed E-state index contributed by atoms with van der Waals surface area (Å²) in [4.78, 5) is 19.4. The van der Waals surface area contributed by atoms with Crippen LogP contribution in [-0.2, 0) is 30.9 Å². The van der Waals surface area contributed by atoms with E-state index in [9.17, 15) is 18.0 Å². The molecule has 1 unspecified atom stereocenters. The summed E-state index contributed by atoms with van der Waals surface area (Å²) in [6.45, 7) is 3.15. The van der Waals surface area contributed by atoms with Gasteiger partial charge in [0.15, 0.2) is 0 Å². The number of aryl methyl sites for hydroxylation is 1. The monoisotopic (exact) mass is 485 g/mol. The smallest absolute Gasteiger partial charge is 0.381 e. The molecule has 7 nitrogen and oxygen atoms in total. The van der Waals surface area contributed by atoms with Crippen molar-refractivity contribution in [2.45, 2.75) is 50.7 Å². The molecule has 0 aliphatic carbocycles. The van der Waals surface area contributed by atoms with Crippen LogP contribution in [0, 0.1) is 0 Å². The van der Waals surface area contributed by atoms with Gasteiger partial charge in [0.2, 0.25) is 0 Å². The molecule has 2 aromatic heterocycles. The maximum absolute atomic E-state index is 13.6. The molecule has 0 radical (unpaired) electrons. The Bertz CT molecular complexity index is 1250. The van der Waals surface area contributed by atoms with Crippen molar-refractivity contribution < 1.29 is 22.7 Å². The third-order valence-electron chi connectivity index (χ3n) is 6.91. The molecule has 1 fully saturated rings. The van der Waals surface area contributed by atoms with Gasteiger partial charge in [-0.15, -0.1) is 10.2 Å². The van der Waals surface area contributed by atoms with E-state index in [0.717, 1.165) is 36.0 Å². The lowest BCUT2D eigenvalue weighted by atomic mass is 9.91. The first-order valence-corrected chi connectivity index (χ1v) is 11.7. The second kappa shape index (κ2) is 9.07. The molecule has 2 aliphatic rings. The highest BCUT2D eigenvalue weighted by atomic mass is 19.4. The highest BCUT2D eigenvalue weighted by Gasteiger charge is 2.40. The van der Waals surface area contributed by atoms with E-state index in [4.69, 9.17) is 9.72 Å². The number of benzene rings is 1. The number of ether oxygens (including phenoxy) is 1. The van der Waals surface area contributed by atoms with E-state index in [0.29, 0.717) is 25.5 Å². The van der Waals surface area contributed by atoms with E-state index in [1.54, 1.807) is 6.33 Å². The first kappa shape index (κ1) is 23.5. The number of rotatable bonds is 5. The van der Waals surface area contributed by atoms with E-state index in [1.807, 2.05) is 17.7 Å². The number of anilines is 1. The van der Waals surface area contributed by atoms with Gasteiger partial charge in [-0.2, -0.15) is 13.2 Å². The van der Waals surface area contributed by atoms with Crippen LogP contribution < -0.4 is 4.90 Å². The second-order valence-electron chi connectivity index (χ2n) is 9.25. The number of aromatic nitrogens is 4. The fourth-order valence-electron chi connectivity index (χ4n) is 4.85. The van der Waals surface area contributed by atoms with Crippen LogP contribution in [0.25, 0.3) is 0 Å². The van der Waals surface area contributed by atoms with Crippen LogP contribution in [0.3, 0.4) is 0 Å². The molecule has 1 atom stereocenters. The van der Waals surface area contributed by atoms with Gasteiger partial charge in [-0.05, 0) is 54.2 Å². The molecule has 184 valence electrons. The first-order chi connectivity index (χ1) is 16.7. The second-order valence-corrected chi connectivity index (χ2v) is 9.25. The highest BCUT2D eigenvalue weighted by Crippen LogP contribution is 2.39. The Hall–Kier alpha value is -3.27. The fourth-order valence-corrected chi connectivity index (χ4v) is 4.85. The number of hydrogen-bond acceptors (Lipinski definition) is 5. The third-order valence-corrected chi connectivity index (χ3v) is 6.91. The van der Waals surface area contributed by atoms with E-state index >= 15 is 0 Å². The first-order valence-electron chi connectivity index (χ1n) is 11.7. The van der Waals surface area contributed by atoms with Gasteiger partial charge in [-0.3, -0.25) is 9.69 Å². The quantitative estimate of drug-likeness (QED) is 0.527. The average molecular weight is 486 g/mol. The summed E-state index contributed by atoms with van der Waals surface area (Å²) >= 11 is 0. The number of carbonyl (C=O) groups excluding carboxylic acids is 1. The van der Waals surface area contributed by atoms with Crippen molar-refractivity contribution in [2.24, 2.45) is 7.05 Å². The minimum atomic E-state index is -4.53. The van der Waals surface area contributed by atoms with Gasteiger partial charge >= 0.3 is 6.18 Å². The lowest BCUT2D eigenvalue weighted by molar-refractivity contribution is -0.138. The molecule has 0 bridgehead atoms. The lowest BCUT2D eigenvalue weighted by Crippen LogP contribution is -2.25. The molecule has 4 heterocycles. The van der Waals surface area contributed by atoms with Crippen LogP contribution in [0.5, 0.6) is 0 Å². The molecule has 3 aromatic rings. The minimum Gasteiger partial charge on any atom is -0.381 e. The van der Waals surface area contributed by atoms with Crippen LogP contribution >= 0.6 is 0 Å². The molecule has 2 aliphatic heterocycles. The molecule has 1 amide bonds. The summed E-state index contributed by atoms with van der Waals surface area (Å²) in [5.41, 5.74) is 1.09. The minimum absolute atomic E-state index is 0.00282. The Kier molecular flexibility index (Phi) is 6.08. The van der Waals surface area contributed by atoms with Gasteiger partial charge < -0.3 is 9.30 Å². The number of alkyl halides is 3. The standard InChI is InChI=1S/C25H26F3N5O2/c1-15(10-23-31-29-14-32(23)2)17-11-21(16-6-8-35-9-7-16)30-22(12-17)33-13-19-18(24(33)34)4-3-5-20(19)25(26,27)28/h3-5,11-12,14-16H,6-10,13H2,1-2H3. The Morgan fingerprint density at radius 3 is 2.66 bits per heavy atom. The summed E-state index contributed by atoms with van der Waals surface area (Å²) in [6.07, 6.45) is -0.653. The molecular formula is C25H26F3N5O2. The fraction of sp³-hybridized carbons (Fsp3) is 0.440. The van der Waals surface area contributed by atoms with Gasteiger partial charge in [-0.1, -0.05) is 13.0 Å². The maximum Gasteiger partial charge on any atom is 0.416 e. The molecule has 1 saturated heterocycles. The largest absolute Gasteiger partial charge is 0.416 e. The van der Waals surface area contributed by atoms with E-state index in [2.05, 4.69) is 23.2 Å². The van der Waals surface area contributed by atoms with Gasteiger partial charge in [0.1, 0.15) is 18.0 Å². The number of hydrogen-bond donors (Lipinski definition) is 0. The Morgan fingerprint density at radius 2 is 1.97 bits per heavy atom. The van der Waals surface area contributed by atoms with Crippen molar-refractivity contribution in [1.29, 1.82) is 0 Å². The van der Waals surface area contributed by atoms with Crippen molar-refractivity contribution in [1.82, 2.24) is 19.7 Å². The summed E-state index contributed by atoms with van der Waals surface area (Å²) in [5.74, 6) is 0.931. The number of halogens is 3. The lowest BCUT2D eigenvalue weighted by Gasteiger charge is -2.25. The van der Waals surface area contributed by atoms with Crippen LogP contribution in [0.1, 0.15) is 70.2 Å². The molecule has 10 heteroatoms. The maximum atomic E-state index is 13.6. The van der Waals surface area contributed by atoms with Gasteiger partial charge in [0.05, 0.1) is 12.1 Å². The van der Waals surface area contributed by atoms with E-state index in [1.165, 1.54) is 17.0 Å². The predicted octanol–water partition coefficient (Wildman–Crippen LogP) is 4.63. The predicted molar refractivity (Wildman–Crippen MR) is 122 cm³/mol. The summed E-state index contributed by atoms with van der Waals surface area (Å²) in [5, 5.41) is 8.12. The molecule has 0 N–H and O–H groups in total. The number of carbonyl (C=O) groups is 1. The highest BCUT2D eigenvalue weighted by molar-refractivity contribution is 6.09. The normalized spacial score (nSPS) is 17.6. The number of fused-ring (bicyclic) bond motifs is 1. The molecule has 0 saturated carbocycles. The van der Waals surface area contributed by atoms with E-state index in [-0.39, 0.29) is 29.5 Å². The van der Waals surface area contributed by atoms with Crippen molar-refractivity contribution >= 4 is 11.7 Å². The van der Waals surface area contributed by atoms with Gasteiger partial charge in [0, 0.05) is 43.9 Å². The summed E-state index contributed by atoms with van der Waals surface area (Å²) in [6, 6.07) is 7.63. The van der Waals surface area contributed by atoms with Crippen LogP contribution in [0.2, 0.25) is 0 Å². The molecular weight excluding hydrogens is 459 g/mol. The topological polar surface area (TPSA) is 73.1 Å². The Balaban J connectivity index is 1.53. The zero-order valence-corrected chi connectivity index (χ0v) is 19.5. The van der Waals surface area contributed by atoms with Crippen LogP contribution in [0.4, 0.5) is 19.0 Å². The summed E-state index contributed by atoms with van der Waals surface area (Å²) in [7, 11) is 1.88. The average Bonchev–Trinajstić information content (AvgIpc) is 3.41. The van der Waals surface area contributed by atoms with Crippen molar-refractivity contribution in [2.75, 3.05) is 18.1 Å².